The second kappa shape index (κ2) is 10.4. The summed E-state index contributed by atoms with van der Waals surface area (Å²) >= 11 is 2.60. The molecule has 0 spiro atoms. The van der Waals surface area contributed by atoms with Crippen molar-refractivity contribution < 1.29 is 8.42 Å². The molecular weight excluding hydrogens is 579 g/mol. The first-order valence-electron chi connectivity index (χ1n) is 12.1. The number of nitrogens with zero attached hydrogens (tertiary/aromatic N) is 4. The molecule has 0 radical (unpaired) electrons. The third-order valence-electron chi connectivity index (χ3n) is 6.74. The van der Waals surface area contributed by atoms with Gasteiger partial charge in [-0.3, -0.25) is 0 Å². The Labute approximate surface area is 218 Å². The van der Waals surface area contributed by atoms with Crippen LogP contribution in [0.3, 0.4) is 0 Å². The maximum Gasteiger partial charge on any atom is 0.213 e. The van der Waals surface area contributed by atoms with Crippen LogP contribution >= 0.6 is 28.9 Å². The lowest BCUT2D eigenvalue weighted by Crippen LogP contribution is -2.36. The molecule has 0 saturated carbocycles. The normalized spacial score (nSPS) is 18.6. The summed E-state index contributed by atoms with van der Waals surface area (Å²) in [7, 11) is 0.919. The van der Waals surface area contributed by atoms with Gasteiger partial charge in [-0.25, -0.2) is 17.7 Å². The van der Waals surface area contributed by atoms with Crippen molar-refractivity contribution in [2.75, 3.05) is 55.8 Å². The zero-order valence-electron chi connectivity index (χ0n) is 20.8. The SMILES string of the molecule is CCc1cc(N(C)C)cc2c1N=c1c(CC)cc(N3CCCN(S(=O)(=O)CC)CC3)cc1=S2I. The Morgan fingerprint density at radius 2 is 1.74 bits per heavy atom. The predicted octanol–water partition coefficient (Wildman–Crippen LogP) is 4.93. The second-order valence-electron chi connectivity index (χ2n) is 9.01. The Hall–Kier alpha value is -1.17. The van der Waals surface area contributed by atoms with Gasteiger partial charge < -0.3 is 9.80 Å². The Bertz CT molecular complexity index is 1330. The summed E-state index contributed by atoms with van der Waals surface area (Å²) < 4.78 is 27.8. The van der Waals surface area contributed by atoms with E-state index in [2.05, 4.69) is 83.2 Å². The van der Waals surface area contributed by atoms with E-state index in [9.17, 15) is 8.42 Å². The monoisotopic (exact) mass is 614 g/mol. The fourth-order valence-electron chi connectivity index (χ4n) is 4.65. The van der Waals surface area contributed by atoms with Gasteiger partial charge in [0, 0.05) is 61.1 Å². The van der Waals surface area contributed by atoms with Gasteiger partial charge in [0.05, 0.1) is 16.8 Å². The van der Waals surface area contributed by atoms with Gasteiger partial charge in [0.25, 0.3) is 0 Å². The van der Waals surface area contributed by atoms with E-state index in [4.69, 9.17) is 4.99 Å². The van der Waals surface area contributed by atoms with Crippen molar-refractivity contribution in [2.45, 2.75) is 44.9 Å². The zero-order chi connectivity index (χ0) is 24.6. The number of hydrogen-bond donors (Lipinski definition) is 0. The summed E-state index contributed by atoms with van der Waals surface area (Å²) in [6.07, 6.45) is 2.72. The van der Waals surface area contributed by atoms with Crippen LogP contribution in [0.1, 0.15) is 38.3 Å². The topological polar surface area (TPSA) is 56.2 Å². The van der Waals surface area contributed by atoms with Crippen molar-refractivity contribution in [3.63, 3.8) is 0 Å². The van der Waals surface area contributed by atoms with E-state index in [1.165, 1.54) is 31.9 Å². The van der Waals surface area contributed by atoms with Crippen LogP contribution in [-0.2, 0) is 22.9 Å². The van der Waals surface area contributed by atoms with Gasteiger partial charge in [-0.05, 0) is 82.8 Å². The maximum atomic E-state index is 12.4. The average molecular weight is 615 g/mol. The third kappa shape index (κ3) is 4.90. The minimum atomic E-state index is -3.15. The van der Waals surface area contributed by atoms with Crippen molar-refractivity contribution in [2.24, 2.45) is 4.99 Å². The first-order valence-corrected chi connectivity index (χ1v) is 17.4. The van der Waals surface area contributed by atoms with Gasteiger partial charge in [-0.2, -0.15) is 0 Å². The first kappa shape index (κ1) is 25.9. The lowest BCUT2D eigenvalue weighted by atomic mass is 10.1. The molecule has 1 fully saturated rings. The largest absolute Gasteiger partial charge is 0.378 e. The molecule has 6 nitrogen and oxygen atoms in total. The van der Waals surface area contributed by atoms with Crippen LogP contribution < -0.4 is 15.2 Å². The van der Waals surface area contributed by atoms with Crippen molar-refractivity contribution in [3.05, 3.63) is 45.3 Å². The minimum Gasteiger partial charge on any atom is -0.378 e. The minimum absolute atomic E-state index is 0.116. The Morgan fingerprint density at radius 1 is 1.00 bits per heavy atom. The molecule has 2 aliphatic rings. The molecule has 0 amide bonds. The Morgan fingerprint density at radius 3 is 2.38 bits per heavy atom. The van der Waals surface area contributed by atoms with Crippen LogP contribution in [-0.4, -0.2) is 58.8 Å². The van der Waals surface area contributed by atoms with Crippen LogP contribution in [0.4, 0.5) is 17.1 Å². The molecule has 0 aromatic heterocycles. The standard InChI is InChI=1S/C25H35IN4O2S2/c1-6-18-14-20(28(4)5)16-22-24(18)27-25-19(7-2)15-21(17-23(25)33(22)26)29-10-9-11-30(13-12-29)34(31,32)8-3/h14-17H,6-13H2,1-5H3. The van der Waals surface area contributed by atoms with Gasteiger partial charge in [0.15, 0.2) is 0 Å². The number of sulfonamides is 1. The highest BCUT2D eigenvalue weighted by Gasteiger charge is 2.25. The number of benzene rings is 2. The molecule has 1 unspecified atom stereocenters. The summed E-state index contributed by atoms with van der Waals surface area (Å²) in [6.45, 7) is 8.86. The molecule has 4 rings (SSSR count). The van der Waals surface area contributed by atoms with E-state index in [0.29, 0.717) is 19.6 Å². The summed E-state index contributed by atoms with van der Waals surface area (Å²) in [5.41, 5.74) is 6.14. The Kier molecular flexibility index (Phi) is 7.96. The molecule has 34 heavy (non-hydrogen) atoms. The molecule has 2 heterocycles. The quantitative estimate of drug-likeness (QED) is 0.342. The number of aryl methyl sites for hydroxylation is 2. The summed E-state index contributed by atoms with van der Waals surface area (Å²) in [6, 6.07) is 9.17. The zero-order valence-corrected chi connectivity index (χ0v) is 24.6. The van der Waals surface area contributed by atoms with E-state index < -0.39 is 10.0 Å². The fourth-order valence-corrected chi connectivity index (χ4v) is 9.17. The average Bonchev–Trinajstić information content (AvgIpc) is 3.10. The van der Waals surface area contributed by atoms with E-state index in [0.717, 1.165) is 36.9 Å². The second-order valence-corrected chi connectivity index (χ2v) is 15.3. The molecule has 0 aliphatic carbocycles. The molecule has 1 atom stereocenters. The van der Waals surface area contributed by atoms with E-state index in [1.54, 1.807) is 11.2 Å². The van der Waals surface area contributed by atoms with Gasteiger partial charge in [0.2, 0.25) is 10.0 Å². The highest BCUT2D eigenvalue weighted by molar-refractivity contribution is 14.2. The molecule has 0 bridgehead atoms. The van der Waals surface area contributed by atoms with Crippen molar-refractivity contribution in [1.29, 1.82) is 0 Å². The maximum absolute atomic E-state index is 12.4. The highest BCUT2D eigenvalue weighted by atomic mass is 127. The van der Waals surface area contributed by atoms with E-state index >= 15 is 0 Å². The number of rotatable bonds is 6. The highest BCUT2D eigenvalue weighted by Crippen LogP contribution is 2.48. The molecule has 2 aliphatic heterocycles. The molecular formula is C25H35IN4O2S2. The van der Waals surface area contributed by atoms with Gasteiger partial charge in [-0.1, -0.05) is 21.5 Å². The smallest absolute Gasteiger partial charge is 0.213 e. The molecule has 186 valence electrons. The van der Waals surface area contributed by atoms with E-state index in [1.807, 2.05) is 0 Å². The van der Waals surface area contributed by atoms with Crippen LogP contribution in [0, 0.1) is 4.51 Å². The van der Waals surface area contributed by atoms with Gasteiger partial charge in [0.1, 0.15) is 0 Å². The van der Waals surface area contributed by atoms with Crippen LogP contribution in [0.15, 0.2) is 34.2 Å². The number of fused-ring (bicyclic) bond motifs is 2. The fraction of sp³-hybridized carbons (Fsp3) is 0.520. The first-order chi connectivity index (χ1) is 16.2. The lowest BCUT2D eigenvalue weighted by molar-refractivity contribution is 0.434. The summed E-state index contributed by atoms with van der Waals surface area (Å²) in [4.78, 5) is 11.1. The van der Waals surface area contributed by atoms with Gasteiger partial charge in [-0.15, -0.1) is 0 Å². The molecule has 2 aromatic carbocycles. The summed E-state index contributed by atoms with van der Waals surface area (Å²) in [5, 5.41) is 1.13. The predicted molar refractivity (Wildman–Crippen MR) is 153 cm³/mol. The summed E-state index contributed by atoms with van der Waals surface area (Å²) in [5.74, 6) is 0.166. The van der Waals surface area contributed by atoms with Crippen LogP contribution in [0.2, 0.25) is 0 Å². The number of anilines is 2. The molecule has 0 N–H and O–H groups in total. The van der Waals surface area contributed by atoms with Gasteiger partial charge >= 0.3 is 0 Å². The third-order valence-corrected chi connectivity index (χ3v) is 12.9. The van der Waals surface area contributed by atoms with Crippen molar-refractivity contribution in [1.82, 2.24) is 4.31 Å². The van der Waals surface area contributed by atoms with Crippen molar-refractivity contribution >= 4 is 55.9 Å². The van der Waals surface area contributed by atoms with Crippen molar-refractivity contribution in [3.8, 4) is 0 Å². The molecule has 9 heteroatoms. The lowest BCUT2D eigenvalue weighted by Gasteiger charge is -2.25. The Balaban J connectivity index is 1.81. The molecule has 2 aromatic rings. The molecule has 1 saturated heterocycles. The number of halogens is 1. The van der Waals surface area contributed by atoms with Crippen LogP contribution in [0.5, 0.6) is 0 Å². The van der Waals surface area contributed by atoms with E-state index in [-0.39, 0.29) is 13.4 Å². The van der Waals surface area contributed by atoms with Crippen LogP contribution in [0.25, 0.3) is 0 Å². The number of hydrogen-bond acceptors (Lipinski definition) is 5.